The third kappa shape index (κ3) is 2.40. The third-order valence-electron chi connectivity index (χ3n) is 3.53. The maximum atomic E-state index is 5.83. The molecule has 2 aromatic heterocycles. The van der Waals surface area contributed by atoms with Gasteiger partial charge in [0, 0.05) is 0 Å². The molecule has 1 aromatic carbocycles. The second kappa shape index (κ2) is 5.05. The van der Waals surface area contributed by atoms with Crippen molar-refractivity contribution in [3.8, 4) is 0 Å². The molecule has 0 aliphatic rings. The van der Waals surface area contributed by atoms with E-state index < -0.39 is 0 Å². The number of imidazole rings is 1. The minimum atomic E-state index is 0.166. The van der Waals surface area contributed by atoms with Crippen LogP contribution in [0.4, 0.5) is 11.8 Å². The highest BCUT2D eigenvalue weighted by Crippen LogP contribution is 2.22. The predicted molar refractivity (Wildman–Crippen MR) is 83.8 cm³/mol. The summed E-state index contributed by atoms with van der Waals surface area (Å²) in [5.41, 5.74) is 15.3. The lowest BCUT2D eigenvalue weighted by molar-refractivity contribution is 0.774. The summed E-state index contributed by atoms with van der Waals surface area (Å²) in [5.74, 6) is 0.938. The van der Waals surface area contributed by atoms with E-state index in [0.29, 0.717) is 29.4 Å². The number of nitrogen functional groups attached to an aromatic ring is 2. The summed E-state index contributed by atoms with van der Waals surface area (Å²) in [7, 11) is 0. The summed E-state index contributed by atoms with van der Waals surface area (Å²) in [6.07, 6.45) is 1.73. The van der Waals surface area contributed by atoms with Gasteiger partial charge in [-0.2, -0.15) is 9.97 Å². The van der Waals surface area contributed by atoms with E-state index in [1.807, 2.05) is 10.6 Å². The number of hydrogen-bond acceptors (Lipinski definition) is 5. The predicted octanol–water partition coefficient (Wildman–Crippen LogP) is 2.16. The monoisotopic (exact) mass is 282 g/mol. The molecule has 2 heterocycles. The van der Waals surface area contributed by atoms with Gasteiger partial charge in [0.1, 0.15) is 5.52 Å². The number of nitrogens with two attached hydrogens (primary N) is 2. The van der Waals surface area contributed by atoms with Gasteiger partial charge in [-0.1, -0.05) is 38.1 Å². The molecule has 6 nitrogen and oxygen atoms in total. The molecule has 0 aliphatic heterocycles. The Morgan fingerprint density at radius 1 is 1.14 bits per heavy atom. The van der Waals surface area contributed by atoms with Gasteiger partial charge < -0.3 is 16.0 Å². The summed E-state index contributed by atoms with van der Waals surface area (Å²) in [4.78, 5) is 12.5. The van der Waals surface area contributed by atoms with Crippen molar-refractivity contribution in [2.45, 2.75) is 26.3 Å². The fourth-order valence-electron chi connectivity index (χ4n) is 2.52. The highest BCUT2D eigenvalue weighted by Gasteiger charge is 2.12. The normalized spacial score (nSPS) is 11.4. The molecule has 0 amide bonds. The molecule has 6 heteroatoms. The quantitative estimate of drug-likeness (QED) is 0.767. The fourth-order valence-corrected chi connectivity index (χ4v) is 2.52. The topological polar surface area (TPSA) is 95.6 Å². The molecular formula is C15H18N6. The number of rotatable bonds is 3. The molecule has 0 radical (unpaired) electrons. The van der Waals surface area contributed by atoms with Gasteiger partial charge in [-0.15, -0.1) is 0 Å². The standard InChI is InChI=1S/C15H18N6/c1-9(2)11-6-4-3-5-10(11)7-21-8-18-12-13(16)19-15(17)20-14(12)21/h3-6,8-9H,7H2,1-2H3,(H4,16,17,19,20). The minimum Gasteiger partial charge on any atom is -0.382 e. The largest absolute Gasteiger partial charge is 0.382 e. The Balaban J connectivity index is 2.07. The lowest BCUT2D eigenvalue weighted by Crippen LogP contribution is -2.06. The van der Waals surface area contributed by atoms with Gasteiger partial charge >= 0.3 is 0 Å². The summed E-state index contributed by atoms with van der Waals surface area (Å²) >= 11 is 0. The molecule has 0 aliphatic carbocycles. The van der Waals surface area contributed by atoms with Crippen molar-refractivity contribution in [2.75, 3.05) is 11.5 Å². The van der Waals surface area contributed by atoms with Gasteiger partial charge in [-0.25, -0.2) is 4.98 Å². The van der Waals surface area contributed by atoms with Crippen LogP contribution in [0.3, 0.4) is 0 Å². The summed E-state index contributed by atoms with van der Waals surface area (Å²) in [6, 6.07) is 8.37. The molecule has 0 bridgehead atoms. The average Bonchev–Trinajstić information content (AvgIpc) is 2.82. The Hall–Kier alpha value is -2.63. The van der Waals surface area contributed by atoms with Crippen molar-refractivity contribution in [3.05, 3.63) is 41.7 Å². The zero-order valence-corrected chi connectivity index (χ0v) is 12.1. The minimum absolute atomic E-state index is 0.166. The molecule has 4 N–H and O–H groups in total. The van der Waals surface area contributed by atoms with Crippen molar-refractivity contribution in [2.24, 2.45) is 0 Å². The van der Waals surface area contributed by atoms with E-state index in [4.69, 9.17) is 11.5 Å². The van der Waals surface area contributed by atoms with E-state index in [1.54, 1.807) is 6.33 Å². The smallest absolute Gasteiger partial charge is 0.224 e. The fraction of sp³-hybridized carbons (Fsp3) is 0.267. The first-order chi connectivity index (χ1) is 10.1. The molecule has 21 heavy (non-hydrogen) atoms. The Morgan fingerprint density at radius 3 is 2.67 bits per heavy atom. The average molecular weight is 282 g/mol. The number of aromatic nitrogens is 4. The number of benzene rings is 1. The van der Waals surface area contributed by atoms with Crippen LogP contribution in [-0.2, 0) is 6.54 Å². The Morgan fingerprint density at radius 2 is 1.90 bits per heavy atom. The molecule has 0 spiro atoms. The second-order valence-electron chi connectivity index (χ2n) is 5.37. The van der Waals surface area contributed by atoms with E-state index in [1.165, 1.54) is 11.1 Å². The molecule has 0 fully saturated rings. The van der Waals surface area contributed by atoms with Crippen molar-refractivity contribution in [1.29, 1.82) is 0 Å². The Bertz CT molecular complexity index is 790. The van der Waals surface area contributed by atoms with Crippen LogP contribution in [0.25, 0.3) is 11.2 Å². The molecule has 0 unspecified atom stereocenters. The Kier molecular flexibility index (Phi) is 3.21. The maximum absolute atomic E-state index is 5.83. The maximum Gasteiger partial charge on any atom is 0.224 e. The van der Waals surface area contributed by atoms with Crippen molar-refractivity contribution >= 4 is 22.9 Å². The highest BCUT2D eigenvalue weighted by atomic mass is 15.2. The zero-order valence-electron chi connectivity index (χ0n) is 12.1. The third-order valence-corrected chi connectivity index (χ3v) is 3.53. The summed E-state index contributed by atoms with van der Waals surface area (Å²) in [5, 5.41) is 0. The number of hydrogen-bond donors (Lipinski definition) is 2. The van der Waals surface area contributed by atoms with Crippen LogP contribution < -0.4 is 11.5 Å². The Labute approximate surface area is 122 Å². The van der Waals surface area contributed by atoms with Crippen LogP contribution >= 0.6 is 0 Å². The van der Waals surface area contributed by atoms with Gasteiger partial charge in [-0.05, 0) is 17.0 Å². The van der Waals surface area contributed by atoms with E-state index in [2.05, 4.69) is 47.0 Å². The van der Waals surface area contributed by atoms with Crippen molar-refractivity contribution < 1.29 is 0 Å². The van der Waals surface area contributed by atoms with Crippen LogP contribution in [-0.4, -0.2) is 19.5 Å². The lowest BCUT2D eigenvalue weighted by atomic mass is 9.97. The van der Waals surface area contributed by atoms with E-state index in [-0.39, 0.29) is 5.95 Å². The van der Waals surface area contributed by atoms with Crippen LogP contribution in [0.5, 0.6) is 0 Å². The summed E-state index contributed by atoms with van der Waals surface area (Å²) in [6.45, 7) is 5.05. The lowest BCUT2D eigenvalue weighted by Gasteiger charge is -2.13. The highest BCUT2D eigenvalue weighted by molar-refractivity contribution is 5.82. The van der Waals surface area contributed by atoms with Gasteiger partial charge in [0.05, 0.1) is 12.9 Å². The number of nitrogens with zero attached hydrogens (tertiary/aromatic N) is 4. The van der Waals surface area contributed by atoms with Crippen LogP contribution in [0, 0.1) is 0 Å². The first-order valence-electron chi connectivity index (χ1n) is 6.88. The van der Waals surface area contributed by atoms with Crippen LogP contribution in [0.15, 0.2) is 30.6 Å². The molecule has 0 saturated heterocycles. The molecule has 3 aromatic rings. The van der Waals surface area contributed by atoms with Gasteiger partial charge in [0.15, 0.2) is 11.5 Å². The first kappa shape index (κ1) is 13.4. The van der Waals surface area contributed by atoms with E-state index in [9.17, 15) is 0 Å². The van der Waals surface area contributed by atoms with Crippen LogP contribution in [0.1, 0.15) is 30.9 Å². The van der Waals surface area contributed by atoms with Crippen molar-refractivity contribution in [1.82, 2.24) is 19.5 Å². The molecule has 0 saturated carbocycles. The molecule has 0 atom stereocenters. The number of fused-ring (bicyclic) bond motifs is 1. The van der Waals surface area contributed by atoms with Gasteiger partial charge in [0.2, 0.25) is 5.95 Å². The van der Waals surface area contributed by atoms with Gasteiger partial charge in [-0.3, -0.25) is 0 Å². The van der Waals surface area contributed by atoms with Crippen LogP contribution in [0.2, 0.25) is 0 Å². The number of anilines is 2. The van der Waals surface area contributed by atoms with Crippen molar-refractivity contribution in [3.63, 3.8) is 0 Å². The van der Waals surface area contributed by atoms with Gasteiger partial charge in [0.25, 0.3) is 0 Å². The second-order valence-corrected chi connectivity index (χ2v) is 5.37. The molecule has 108 valence electrons. The zero-order chi connectivity index (χ0) is 15.0. The van der Waals surface area contributed by atoms with E-state index in [0.717, 1.165) is 0 Å². The summed E-state index contributed by atoms with van der Waals surface area (Å²) < 4.78 is 1.95. The first-order valence-corrected chi connectivity index (χ1v) is 6.88. The molecule has 3 rings (SSSR count). The SMILES string of the molecule is CC(C)c1ccccc1Cn1cnc2c(N)nc(N)nc21. The molecular weight excluding hydrogens is 264 g/mol. The van der Waals surface area contributed by atoms with E-state index >= 15 is 0 Å².